The summed E-state index contributed by atoms with van der Waals surface area (Å²) < 4.78 is 543. The summed E-state index contributed by atoms with van der Waals surface area (Å²) >= 11 is 0. The number of ether oxygens (including phenoxy) is 12. The van der Waals surface area contributed by atoms with Crippen LogP contribution in [-0.4, -0.2) is 201 Å². The van der Waals surface area contributed by atoms with Gasteiger partial charge in [0, 0.05) is 175 Å². The molecule has 8 N–H and O–H groups in total. The van der Waals surface area contributed by atoms with Crippen molar-refractivity contribution >= 4 is 23.9 Å². The second-order valence-electron chi connectivity index (χ2n) is 31.6. The van der Waals surface area contributed by atoms with Crippen molar-refractivity contribution in [3.8, 4) is 46.0 Å². The topological polar surface area (TPSA) is 296 Å². The molecule has 8 aliphatic heterocycles. The summed E-state index contributed by atoms with van der Waals surface area (Å²) in [5.41, 5.74) is 16.2. The lowest BCUT2D eigenvalue weighted by Crippen LogP contribution is -2.51. The number of piperidine rings is 4. The van der Waals surface area contributed by atoms with Crippen molar-refractivity contribution in [2.45, 2.75) is 260 Å². The average molecular weight is 1730 g/mol. The number of hydrogen-bond acceptors (Lipinski definition) is 24. The Kier molecular flexibility index (Phi) is 16.9. The first-order chi connectivity index (χ1) is 77.7. The molecule has 0 bridgehead atoms. The monoisotopic (exact) mass is 1730 g/mol. The summed E-state index contributed by atoms with van der Waals surface area (Å²) in [6.07, 6.45) is -41.7. The van der Waals surface area contributed by atoms with Gasteiger partial charge < -0.3 is 79.8 Å². The van der Waals surface area contributed by atoms with Crippen LogP contribution in [0.1, 0.15) is 305 Å². The summed E-state index contributed by atoms with van der Waals surface area (Å²) in [4.78, 5) is 52.9. The fraction of sp³-hybridized carbons (Fsp3) is 0.708. The summed E-state index contributed by atoms with van der Waals surface area (Å²) in [5, 5.41) is 0. The number of hydrogen-bond donors (Lipinski definition) is 4. The van der Waals surface area contributed by atoms with Crippen molar-refractivity contribution in [3.63, 3.8) is 0 Å². The van der Waals surface area contributed by atoms with Crippen molar-refractivity contribution < 1.29 is 150 Å². The zero-order valence-electron chi connectivity index (χ0n) is 126. The van der Waals surface area contributed by atoms with Crippen molar-refractivity contribution in [2.75, 3.05) is 109 Å². The van der Waals surface area contributed by atoms with E-state index in [-0.39, 0.29) is 19.6 Å². The van der Waals surface area contributed by atoms with Gasteiger partial charge in [-0.2, -0.15) is 0 Å². The van der Waals surface area contributed by atoms with Gasteiger partial charge in [0.2, 0.25) is 0 Å². The first-order valence-electron chi connectivity index (χ1n) is 66.2. The fourth-order valence-corrected chi connectivity index (χ4v) is 12.2. The number of nitrogens with two attached hydrogens (primary N) is 4. The molecule has 4 fully saturated rings. The molecule has 0 amide bonds. The van der Waals surface area contributed by atoms with Crippen LogP contribution >= 0.6 is 0 Å². The van der Waals surface area contributed by atoms with Gasteiger partial charge in [0.25, 0.3) is 0 Å². The zero-order chi connectivity index (χ0) is 136. The number of benzene rings is 4. The standard InChI is InChI=1S/4C24H38N2O4/c4*1-14(2)9-17-13-26-8-7-16-10-21(28-5)22(29-6)11-18(16)19(26)12-20(17)30-24(27)23(25)15(3)4/h4*10-11,14-15,17,19-20,23H,7-9,12-13,25H2,1-6H3/t4*17?,19?,20?,23-/m0000/s1/i5D3,7D2,8D2,10D,11D,12D2,13D2,17D,20D;5D3,7D2,8D2,10D,11D,12D2,13D2,17D,19D;7D2,8D2,10D,11D,12D2,13D2,17D,20D;7D2,8D2,10D,11D,12D2,13D2,17D,19D. The van der Waals surface area contributed by atoms with Gasteiger partial charge in [-0.15, -0.1) is 0 Å². The Morgan fingerprint density at radius 2 is 0.600 bits per heavy atom. The third-order valence-electron chi connectivity index (χ3n) is 19.0. The molecule has 8 heterocycles. The van der Waals surface area contributed by atoms with Crippen LogP contribution in [0.4, 0.5) is 0 Å². The Hall–Kier alpha value is -7.16. The third-order valence-corrected chi connectivity index (χ3v) is 19.0. The molecule has 0 aromatic heterocycles. The van der Waals surface area contributed by atoms with E-state index >= 15 is 0 Å². The second-order valence-corrected chi connectivity index (χ2v) is 31.6. The van der Waals surface area contributed by atoms with Crippen LogP contribution in [0.3, 0.4) is 0 Å². The molecule has 16 atom stereocenters. The Labute approximate surface area is 794 Å². The highest BCUT2D eigenvalue weighted by molar-refractivity contribution is 5.77. The Balaban J connectivity index is 0.000000254. The molecule has 12 unspecified atom stereocenters. The first kappa shape index (κ1) is 46.2. The molecule has 4 aromatic rings. The quantitative estimate of drug-likeness (QED) is 0.0303. The summed E-state index contributed by atoms with van der Waals surface area (Å²) in [6, 6.07) is -25.0. The van der Waals surface area contributed by atoms with Gasteiger partial charge in [0.05, 0.1) is 81.4 Å². The smallest absolute Gasteiger partial charge is 0.323 e. The van der Waals surface area contributed by atoms with E-state index < -0.39 is 449 Å². The molecular formula is C96H152N8O16. The van der Waals surface area contributed by atoms with E-state index in [9.17, 15) is 46.6 Å². The highest BCUT2D eigenvalue weighted by Crippen LogP contribution is 2.50. The molecule has 4 saturated heterocycles. The fourth-order valence-electron chi connectivity index (χ4n) is 12.2. The number of nitrogens with zero attached hydrogens (tertiary/aromatic N) is 4. The van der Waals surface area contributed by atoms with Crippen LogP contribution in [0.15, 0.2) is 48.3 Å². The molecule has 24 heteroatoms. The molecule has 672 valence electrons. The van der Waals surface area contributed by atoms with Crippen LogP contribution < -0.4 is 60.8 Å². The zero-order valence-corrected chi connectivity index (χ0v) is 71.7. The van der Waals surface area contributed by atoms with E-state index in [0.717, 1.165) is 42.7 Å². The van der Waals surface area contributed by atoms with Crippen LogP contribution in [-0.2, 0) is 63.6 Å². The lowest BCUT2D eigenvalue weighted by molar-refractivity contribution is -0.161. The number of esters is 4. The summed E-state index contributed by atoms with van der Waals surface area (Å²) in [7, 11) is -0.215. The number of fused-ring (bicyclic) bond motifs is 12. The number of carbonyl (C=O) groups is 4. The average Bonchev–Trinajstić information content (AvgIpc) is 0.647. The molecule has 0 saturated carbocycles. The van der Waals surface area contributed by atoms with E-state index in [0.29, 0.717) is 0 Å². The lowest BCUT2D eigenvalue weighted by Gasteiger charge is -2.47. The van der Waals surface area contributed by atoms with Crippen LogP contribution in [0.5, 0.6) is 46.0 Å². The Morgan fingerprint density at radius 3 is 0.875 bits per heavy atom. The van der Waals surface area contributed by atoms with Gasteiger partial charge in [-0.1, -0.05) is 111 Å². The highest BCUT2D eigenvalue weighted by atomic mass is 16.6. The normalized spacial score (nSPS) is 43.3. The molecule has 120 heavy (non-hydrogen) atoms. The summed E-state index contributed by atoms with van der Waals surface area (Å²) in [5.74, 6) is -27.1. The second kappa shape index (κ2) is 43.9. The molecule has 0 radical (unpaired) electrons. The van der Waals surface area contributed by atoms with E-state index in [1.54, 1.807) is 83.1 Å². The molecule has 0 aliphatic carbocycles. The van der Waals surface area contributed by atoms with Gasteiger partial charge in [0.1, 0.15) is 48.5 Å². The lowest BCUT2D eigenvalue weighted by atomic mass is 9.79. The SMILES string of the molecule is [2H]c1c(OC([2H])([2H])[2H])c(OC)c([2H])c2c1C([2H])([2H])C([2H])([2H])N1C([2H])([2H])C([2H])(CC(C)C)C(OC(=O)[C@@H](N)C(C)C)C([2H])([2H])C21[2H].[2H]c1c(OC)c(OC([2H])([2H])[2H])c([2H])c2c1C1N(C([2H])([2H])C2([2H])[2H])C([2H])([2H])C([2H])(CC(C)C)C([2H])(OC(=O)[C@@H](N)C(C)C)C1([2H])[2H].[2H]c1c(OC)c(OC)c([2H])c2c1C([2H])([2H])C([2H])([2H])N1C([2H])([2H])C([2H])(CC(C)C)C(OC(=O)[C@@H](N)C(C)C)C([2H])([2H])C21[2H].[2H]c1c(OC)c(OC)c([2H])c2c1C1N(C([2H])([2H])C2([2H])[2H])C([2H])([2H])C([2H])(CC(C)C)C([2H])(OC(=O)[C@@H](N)C(C)C)C1([2H])[2H]. The molecule has 24 nitrogen and oxygen atoms in total. The van der Waals surface area contributed by atoms with Crippen molar-refractivity contribution in [3.05, 3.63) is 92.8 Å². The number of methoxy groups -OCH3 is 8. The van der Waals surface area contributed by atoms with Gasteiger partial charge in [-0.25, -0.2) is 0 Å². The van der Waals surface area contributed by atoms with Crippen LogP contribution in [0, 0.1) is 70.9 Å². The van der Waals surface area contributed by atoms with Crippen LogP contribution in [0.25, 0.3) is 0 Å². The van der Waals surface area contributed by atoms with Gasteiger partial charge in [-0.05, 0) is 191 Å². The number of rotatable bonds is 28. The van der Waals surface area contributed by atoms with Crippen molar-refractivity contribution in [1.82, 2.24) is 19.6 Å². The van der Waals surface area contributed by atoms with Crippen molar-refractivity contribution in [2.24, 2.45) is 93.9 Å². The van der Waals surface area contributed by atoms with Gasteiger partial charge in [-0.3, -0.25) is 38.8 Å². The third kappa shape index (κ3) is 23.8. The minimum Gasteiger partial charge on any atom is -0.493 e. The minimum absolute atomic E-state index is 0.0131. The van der Waals surface area contributed by atoms with E-state index in [2.05, 4.69) is 0 Å². The molecule has 8 aliphatic rings. The van der Waals surface area contributed by atoms with E-state index in [1.165, 1.54) is 27.7 Å². The predicted molar refractivity (Wildman–Crippen MR) is 471 cm³/mol. The maximum absolute atomic E-state index is 13.2. The summed E-state index contributed by atoms with van der Waals surface area (Å²) in [6.45, 7) is -3.37. The largest absolute Gasteiger partial charge is 0.493 e. The van der Waals surface area contributed by atoms with E-state index in [4.69, 9.17) is 126 Å². The van der Waals surface area contributed by atoms with Gasteiger partial charge >= 0.3 is 23.9 Å². The first-order valence-corrected chi connectivity index (χ1v) is 39.2. The molecule has 4 aromatic carbocycles. The van der Waals surface area contributed by atoms with Crippen molar-refractivity contribution in [1.29, 1.82) is 0 Å². The molecule has 12 rings (SSSR count). The molecular weight excluding hydrogens is 1520 g/mol. The van der Waals surface area contributed by atoms with E-state index in [1.807, 2.05) is 0 Å². The Bertz CT molecular complexity index is 6780. The predicted octanol–water partition coefficient (Wildman–Crippen LogP) is 14.3. The van der Waals surface area contributed by atoms with Crippen LogP contribution in [0.2, 0.25) is 0 Å². The number of carbonyl (C=O) groups excluding carboxylic acids is 4. The highest BCUT2D eigenvalue weighted by Gasteiger charge is 2.47. The Morgan fingerprint density at radius 1 is 0.358 bits per heavy atom. The maximum Gasteiger partial charge on any atom is 0.323 e. The molecule has 0 spiro atoms. The van der Waals surface area contributed by atoms with Gasteiger partial charge in [0.15, 0.2) is 46.0 Å². The maximum atomic E-state index is 13.2. The minimum atomic E-state index is -3.75.